The van der Waals surface area contributed by atoms with Gasteiger partial charge in [-0.25, -0.2) is 4.98 Å². The van der Waals surface area contributed by atoms with Crippen LogP contribution in [0.3, 0.4) is 0 Å². The van der Waals surface area contributed by atoms with Gasteiger partial charge in [0, 0.05) is 7.05 Å². The number of hydrogen-bond donors (Lipinski definition) is 0. The second kappa shape index (κ2) is 8.19. The van der Waals surface area contributed by atoms with Crippen LogP contribution >= 0.6 is 11.3 Å². The largest absolute Gasteiger partial charge is 0.494 e. The molecule has 0 saturated carbocycles. The highest BCUT2D eigenvalue weighted by atomic mass is 32.1. The van der Waals surface area contributed by atoms with Gasteiger partial charge in [-0.3, -0.25) is 4.79 Å². The van der Waals surface area contributed by atoms with Crippen LogP contribution in [0.15, 0.2) is 48.5 Å². The Morgan fingerprint density at radius 1 is 1.12 bits per heavy atom. The third kappa shape index (κ3) is 4.14. The molecule has 0 N–H and O–H groups in total. The van der Waals surface area contributed by atoms with Crippen molar-refractivity contribution >= 4 is 27.5 Å². The molecule has 0 saturated heterocycles. The van der Waals surface area contributed by atoms with Gasteiger partial charge in [0.15, 0.2) is 6.61 Å². The van der Waals surface area contributed by atoms with Crippen LogP contribution in [0.4, 0.5) is 0 Å². The molecule has 0 fully saturated rings. The molecule has 0 bridgehead atoms. The first kappa shape index (κ1) is 18.2. The molecule has 1 amide bonds. The quantitative estimate of drug-likeness (QED) is 0.622. The molecule has 136 valence electrons. The van der Waals surface area contributed by atoms with Crippen molar-refractivity contribution in [1.29, 1.82) is 0 Å². The van der Waals surface area contributed by atoms with Gasteiger partial charge in [-0.2, -0.15) is 0 Å². The Kier molecular flexibility index (Phi) is 5.73. The van der Waals surface area contributed by atoms with Crippen molar-refractivity contribution in [2.24, 2.45) is 0 Å². The van der Waals surface area contributed by atoms with Crippen molar-refractivity contribution in [2.45, 2.75) is 19.9 Å². The molecular formula is C20H22N2O3S. The molecule has 0 aliphatic carbocycles. The van der Waals surface area contributed by atoms with Crippen LogP contribution in [-0.2, 0) is 4.79 Å². The molecule has 6 heteroatoms. The SMILES string of the molecule is CCOc1ccc(OCC(=O)N(C)[C@H](C)c2nc3ccccc3s2)cc1. The van der Waals surface area contributed by atoms with E-state index in [0.717, 1.165) is 21.0 Å². The molecule has 0 aliphatic heterocycles. The van der Waals surface area contributed by atoms with Gasteiger partial charge in [-0.15, -0.1) is 11.3 Å². The van der Waals surface area contributed by atoms with Gasteiger partial charge >= 0.3 is 0 Å². The Morgan fingerprint density at radius 2 is 1.77 bits per heavy atom. The van der Waals surface area contributed by atoms with Gasteiger partial charge in [-0.1, -0.05) is 12.1 Å². The number of para-hydroxylation sites is 1. The summed E-state index contributed by atoms with van der Waals surface area (Å²) in [6.07, 6.45) is 0. The highest BCUT2D eigenvalue weighted by Gasteiger charge is 2.21. The number of hydrogen-bond acceptors (Lipinski definition) is 5. The van der Waals surface area contributed by atoms with Crippen molar-refractivity contribution in [2.75, 3.05) is 20.3 Å². The monoisotopic (exact) mass is 370 g/mol. The highest BCUT2D eigenvalue weighted by Crippen LogP contribution is 2.28. The molecule has 0 radical (unpaired) electrons. The van der Waals surface area contributed by atoms with Crippen LogP contribution < -0.4 is 9.47 Å². The normalized spacial score (nSPS) is 12.0. The fourth-order valence-electron chi connectivity index (χ4n) is 2.50. The summed E-state index contributed by atoms with van der Waals surface area (Å²) in [6.45, 7) is 4.52. The molecule has 1 atom stereocenters. The molecular weight excluding hydrogens is 348 g/mol. The molecule has 26 heavy (non-hydrogen) atoms. The van der Waals surface area contributed by atoms with E-state index in [4.69, 9.17) is 9.47 Å². The van der Waals surface area contributed by atoms with Crippen LogP contribution in [0, 0.1) is 0 Å². The number of carbonyl (C=O) groups is 1. The van der Waals surface area contributed by atoms with Crippen LogP contribution in [0.25, 0.3) is 10.2 Å². The second-order valence-electron chi connectivity index (χ2n) is 5.89. The lowest BCUT2D eigenvalue weighted by Gasteiger charge is -2.23. The van der Waals surface area contributed by atoms with Crippen molar-refractivity contribution in [3.8, 4) is 11.5 Å². The Labute approximate surface area is 157 Å². The van der Waals surface area contributed by atoms with E-state index in [0.29, 0.717) is 12.4 Å². The fraction of sp³-hybridized carbons (Fsp3) is 0.300. The van der Waals surface area contributed by atoms with E-state index in [-0.39, 0.29) is 18.6 Å². The minimum atomic E-state index is -0.108. The van der Waals surface area contributed by atoms with Crippen LogP contribution in [0.5, 0.6) is 11.5 Å². The minimum absolute atomic E-state index is 0.0142. The molecule has 1 heterocycles. The number of aromatic nitrogens is 1. The highest BCUT2D eigenvalue weighted by molar-refractivity contribution is 7.18. The average Bonchev–Trinajstić information content (AvgIpc) is 3.10. The molecule has 3 aromatic rings. The molecule has 2 aromatic carbocycles. The van der Waals surface area contributed by atoms with Gasteiger partial charge in [0.2, 0.25) is 0 Å². The van der Waals surface area contributed by atoms with E-state index >= 15 is 0 Å². The van der Waals surface area contributed by atoms with Crippen LogP contribution in [0.2, 0.25) is 0 Å². The molecule has 5 nitrogen and oxygen atoms in total. The summed E-state index contributed by atoms with van der Waals surface area (Å²) < 4.78 is 12.1. The summed E-state index contributed by atoms with van der Waals surface area (Å²) in [4.78, 5) is 18.8. The number of rotatable bonds is 7. The number of ether oxygens (including phenoxy) is 2. The van der Waals surface area contributed by atoms with E-state index < -0.39 is 0 Å². The van der Waals surface area contributed by atoms with Gasteiger partial charge < -0.3 is 14.4 Å². The van der Waals surface area contributed by atoms with Gasteiger partial charge in [0.25, 0.3) is 5.91 Å². The average molecular weight is 370 g/mol. The summed E-state index contributed by atoms with van der Waals surface area (Å²) >= 11 is 1.61. The standard InChI is InChI=1S/C20H22N2O3S/c1-4-24-15-9-11-16(12-10-15)25-13-19(23)22(3)14(2)20-21-17-7-5-6-8-18(17)26-20/h5-12,14H,4,13H2,1-3H3/t14-/m1/s1. The number of nitrogens with zero attached hydrogens (tertiary/aromatic N) is 2. The first-order valence-corrected chi connectivity index (χ1v) is 9.37. The van der Waals surface area contributed by atoms with E-state index in [1.807, 2.05) is 50.2 Å². The minimum Gasteiger partial charge on any atom is -0.494 e. The summed E-state index contributed by atoms with van der Waals surface area (Å²) in [6, 6.07) is 15.1. The van der Waals surface area contributed by atoms with Gasteiger partial charge in [0.1, 0.15) is 16.5 Å². The zero-order valence-corrected chi connectivity index (χ0v) is 16.0. The van der Waals surface area contributed by atoms with E-state index in [1.54, 1.807) is 35.4 Å². The smallest absolute Gasteiger partial charge is 0.260 e. The molecule has 0 spiro atoms. The Morgan fingerprint density at radius 3 is 2.42 bits per heavy atom. The van der Waals surface area contributed by atoms with Gasteiger partial charge in [-0.05, 0) is 50.2 Å². The summed E-state index contributed by atoms with van der Waals surface area (Å²) in [5.74, 6) is 1.33. The third-order valence-electron chi connectivity index (χ3n) is 4.14. The molecule has 1 aromatic heterocycles. The zero-order chi connectivity index (χ0) is 18.5. The lowest BCUT2D eigenvalue weighted by Crippen LogP contribution is -2.33. The maximum Gasteiger partial charge on any atom is 0.260 e. The maximum atomic E-state index is 12.5. The summed E-state index contributed by atoms with van der Waals surface area (Å²) in [7, 11) is 1.78. The maximum absolute atomic E-state index is 12.5. The van der Waals surface area contributed by atoms with Gasteiger partial charge in [0.05, 0.1) is 22.9 Å². The van der Waals surface area contributed by atoms with Crippen molar-refractivity contribution in [3.05, 3.63) is 53.5 Å². The molecule has 3 rings (SSSR count). The molecule has 0 unspecified atom stereocenters. The van der Waals surface area contributed by atoms with Crippen molar-refractivity contribution in [3.63, 3.8) is 0 Å². The van der Waals surface area contributed by atoms with Crippen molar-refractivity contribution in [1.82, 2.24) is 9.88 Å². The first-order valence-electron chi connectivity index (χ1n) is 8.55. The number of likely N-dealkylation sites (N-methyl/N-ethyl adjacent to an activating group) is 1. The fourth-order valence-corrected chi connectivity index (χ4v) is 3.56. The van der Waals surface area contributed by atoms with Crippen LogP contribution in [0.1, 0.15) is 24.9 Å². The summed E-state index contributed by atoms with van der Waals surface area (Å²) in [5.41, 5.74) is 0.964. The topological polar surface area (TPSA) is 51.7 Å². The Hall–Kier alpha value is -2.60. The predicted molar refractivity (Wildman–Crippen MR) is 104 cm³/mol. The lowest BCUT2D eigenvalue weighted by molar-refractivity contribution is -0.134. The first-order chi connectivity index (χ1) is 12.6. The zero-order valence-electron chi connectivity index (χ0n) is 15.1. The van der Waals surface area contributed by atoms with Crippen molar-refractivity contribution < 1.29 is 14.3 Å². The Bertz CT molecular complexity index is 843. The third-order valence-corrected chi connectivity index (χ3v) is 5.35. The number of thiazole rings is 1. The molecule has 0 aliphatic rings. The number of carbonyl (C=O) groups excluding carboxylic acids is 1. The Balaban J connectivity index is 1.59. The second-order valence-corrected chi connectivity index (χ2v) is 6.96. The summed E-state index contributed by atoms with van der Waals surface area (Å²) in [5, 5.41) is 0.920. The number of benzene rings is 2. The number of amides is 1. The number of fused-ring (bicyclic) bond motifs is 1. The predicted octanol–water partition coefficient (Wildman–Crippen LogP) is 4.29. The van der Waals surface area contributed by atoms with Crippen LogP contribution in [-0.4, -0.2) is 36.1 Å². The van der Waals surface area contributed by atoms with E-state index in [9.17, 15) is 4.79 Å². The van der Waals surface area contributed by atoms with E-state index in [1.165, 1.54) is 0 Å². The lowest BCUT2D eigenvalue weighted by atomic mass is 10.3. The van der Waals surface area contributed by atoms with E-state index in [2.05, 4.69) is 4.98 Å².